The Morgan fingerprint density at radius 3 is 2.92 bits per heavy atom. The molecule has 1 heterocycles. The minimum Gasteiger partial charge on any atom is -0.144 e. The third-order valence-electron chi connectivity index (χ3n) is 1.94. The van der Waals surface area contributed by atoms with Gasteiger partial charge in [0.25, 0.3) is 0 Å². The van der Waals surface area contributed by atoms with E-state index in [1.807, 2.05) is 6.08 Å². The van der Waals surface area contributed by atoms with Gasteiger partial charge in [-0.15, -0.1) is 11.3 Å². The van der Waals surface area contributed by atoms with E-state index in [2.05, 4.69) is 37.9 Å². The van der Waals surface area contributed by atoms with E-state index in [1.54, 1.807) is 11.3 Å². The van der Waals surface area contributed by atoms with Crippen LogP contribution in [0.15, 0.2) is 24.1 Å². The molecule has 0 nitrogen and oxygen atoms in total. The predicted molar refractivity (Wildman–Crippen MR) is 58.4 cm³/mol. The molecule has 1 aromatic rings. The van der Waals surface area contributed by atoms with E-state index in [-0.39, 0.29) is 0 Å². The number of rotatable bonds is 3. The Balaban J connectivity index is 3.08. The van der Waals surface area contributed by atoms with E-state index in [0.29, 0.717) is 0 Å². The van der Waals surface area contributed by atoms with Crippen molar-refractivity contribution in [3.8, 4) is 0 Å². The molecule has 0 unspecified atom stereocenters. The summed E-state index contributed by atoms with van der Waals surface area (Å²) in [5.74, 6) is 0. The molecule has 0 radical (unpaired) electrons. The molecule has 1 heteroatoms. The first kappa shape index (κ1) is 9.27. The lowest BCUT2D eigenvalue weighted by Crippen LogP contribution is -1.79. The van der Waals surface area contributed by atoms with E-state index in [4.69, 9.17) is 0 Å². The number of hydrogen-bond acceptors (Lipinski definition) is 1. The highest BCUT2D eigenvalue weighted by Crippen LogP contribution is 2.28. The summed E-state index contributed by atoms with van der Waals surface area (Å²) in [6, 6.07) is 2.12. The molecule has 0 saturated carbocycles. The van der Waals surface area contributed by atoms with Gasteiger partial charge < -0.3 is 0 Å². The van der Waals surface area contributed by atoms with Gasteiger partial charge in [-0.1, -0.05) is 25.7 Å². The molecule has 1 aromatic heterocycles. The van der Waals surface area contributed by atoms with Crippen molar-refractivity contribution in [2.24, 2.45) is 0 Å². The van der Waals surface area contributed by atoms with Crippen molar-refractivity contribution in [1.29, 1.82) is 0 Å². The van der Waals surface area contributed by atoms with Crippen LogP contribution in [0.1, 0.15) is 30.7 Å². The van der Waals surface area contributed by atoms with E-state index < -0.39 is 0 Å². The lowest BCUT2D eigenvalue weighted by Gasteiger charge is -2.01. The molecule has 0 aromatic carbocycles. The maximum atomic E-state index is 3.79. The molecule has 0 aliphatic carbocycles. The van der Waals surface area contributed by atoms with E-state index in [9.17, 15) is 0 Å². The number of thiophene rings is 1. The molecule has 0 aliphatic rings. The Bertz CT molecular complexity index is 292. The molecule has 12 heavy (non-hydrogen) atoms. The highest BCUT2D eigenvalue weighted by molar-refractivity contribution is 7.11. The largest absolute Gasteiger partial charge is 0.144 e. The zero-order valence-corrected chi connectivity index (χ0v) is 8.45. The standard InChI is InChI=1S/C11H14S/c1-4-9(5-2)11-10(6-3)7-8-12-11/h4,6-8H,3,5H2,1-2H3/b9-4-. The quantitative estimate of drug-likeness (QED) is 0.650. The van der Waals surface area contributed by atoms with Gasteiger partial charge in [0.2, 0.25) is 0 Å². The Kier molecular flexibility index (Phi) is 3.30. The van der Waals surface area contributed by atoms with Crippen molar-refractivity contribution in [2.45, 2.75) is 20.3 Å². The molecular weight excluding hydrogens is 164 g/mol. The van der Waals surface area contributed by atoms with E-state index in [0.717, 1.165) is 6.42 Å². The summed E-state index contributed by atoms with van der Waals surface area (Å²) in [5.41, 5.74) is 2.68. The fourth-order valence-electron chi connectivity index (χ4n) is 1.24. The maximum absolute atomic E-state index is 3.79. The average Bonchev–Trinajstić information content (AvgIpc) is 2.55. The van der Waals surface area contributed by atoms with Gasteiger partial charge in [-0.05, 0) is 35.9 Å². The molecule has 1 rings (SSSR count). The van der Waals surface area contributed by atoms with Crippen LogP contribution in [-0.2, 0) is 0 Å². The lowest BCUT2D eigenvalue weighted by molar-refractivity contribution is 1.24. The third-order valence-corrected chi connectivity index (χ3v) is 2.94. The number of allylic oxidation sites excluding steroid dienone is 2. The Labute approximate surface area is 78.2 Å². The number of hydrogen-bond donors (Lipinski definition) is 0. The first-order valence-electron chi connectivity index (χ1n) is 4.19. The first-order valence-corrected chi connectivity index (χ1v) is 5.07. The topological polar surface area (TPSA) is 0 Å². The SMILES string of the molecule is C=Cc1ccsc1/C(=C\C)CC. The van der Waals surface area contributed by atoms with Gasteiger partial charge in [0.05, 0.1) is 0 Å². The van der Waals surface area contributed by atoms with Gasteiger partial charge >= 0.3 is 0 Å². The summed E-state index contributed by atoms with van der Waals surface area (Å²) in [6.07, 6.45) is 5.20. The highest BCUT2D eigenvalue weighted by atomic mass is 32.1. The first-order chi connectivity index (χ1) is 5.83. The van der Waals surface area contributed by atoms with Gasteiger partial charge in [-0.25, -0.2) is 0 Å². The smallest absolute Gasteiger partial charge is 0.0371 e. The molecular formula is C11H14S. The fourth-order valence-corrected chi connectivity index (χ4v) is 2.29. The maximum Gasteiger partial charge on any atom is 0.0371 e. The van der Waals surface area contributed by atoms with Gasteiger partial charge in [-0.3, -0.25) is 0 Å². The zero-order chi connectivity index (χ0) is 8.97. The van der Waals surface area contributed by atoms with Crippen LogP contribution < -0.4 is 0 Å². The second-order valence-corrected chi connectivity index (χ2v) is 3.49. The van der Waals surface area contributed by atoms with Crippen LogP contribution in [0.2, 0.25) is 0 Å². The van der Waals surface area contributed by atoms with Crippen molar-refractivity contribution in [3.05, 3.63) is 34.5 Å². The Hall–Kier alpha value is -0.820. The van der Waals surface area contributed by atoms with Gasteiger partial charge in [0.15, 0.2) is 0 Å². The molecule has 0 bridgehead atoms. The molecule has 0 atom stereocenters. The van der Waals surface area contributed by atoms with Crippen LogP contribution >= 0.6 is 11.3 Å². The monoisotopic (exact) mass is 178 g/mol. The summed E-state index contributed by atoms with van der Waals surface area (Å²) in [6.45, 7) is 8.07. The zero-order valence-electron chi connectivity index (χ0n) is 7.63. The van der Waals surface area contributed by atoms with E-state index in [1.165, 1.54) is 16.0 Å². The molecule has 0 fully saturated rings. The summed E-state index contributed by atoms with van der Waals surface area (Å²) >= 11 is 1.79. The Morgan fingerprint density at radius 1 is 1.67 bits per heavy atom. The molecule has 0 aliphatic heterocycles. The normalized spacial score (nSPS) is 11.7. The predicted octanol–water partition coefficient (Wildman–Crippen LogP) is 4.20. The summed E-state index contributed by atoms with van der Waals surface area (Å²) in [4.78, 5) is 1.37. The highest BCUT2D eigenvalue weighted by Gasteiger charge is 2.03. The summed E-state index contributed by atoms with van der Waals surface area (Å²) in [5, 5.41) is 2.12. The molecule has 0 amide bonds. The van der Waals surface area contributed by atoms with Crippen LogP contribution in [0.25, 0.3) is 11.6 Å². The second kappa shape index (κ2) is 4.27. The van der Waals surface area contributed by atoms with Crippen LogP contribution in [0, 0.1) is 0 Å². The molecule has 64 valence electrons. The minimum absolute atomic E-state index is 1.10. The lowest BCUT2D eigenvalue weighted by atomic mass is 10.1. The van der Waals surface area contributed by atoms with Crippen molar-refractivity contribution in [2.75, 3.05) is 0 Å². The average molecular weight is 178 g/mol. The summed E-state index contributed by atoms with van der Waals surface area (Å²) < 4.78 is 0. The molecule has 0 spiro atoms. The summed E-state index contributed by atoms with van der Waals surface area (Å²) in [7, 11) is 0. The van der Waals surface area contributed by atoms with Gasteiger partial charge in [0.1, 0.15) is 0 Å². The molecule has 0 N–H and O–H groups in total. The van der Waals surface area contributed by atoms with Crippen LogP contribution in [0.3, 0.4) is 0 Å². The van der Waals surface area contributed by atoms with Crippen molar-refractivity contribution in [3.63, 3.8) is 0 Å². The van der Waals surface area contributed by atoms with Crippen molar-refractivity contribution >= 4 is 23.0 Å². The third kappa shape index (κ3) is 1.67. The van der Waals surface area contributed by atoms with Crippen LogP contribution in [0.5, 0.6) is 0 Å². The van der Waals surface area contributed by atoms with Crippen LogP contribution in [0.4, 0.5) is 0 Å². The van der Waals surface area contributed by atoms with Gasteiger partial charge in [-0.2, -0.15) is 0 Å². The minimum atomic E-state index is 1.10. The van der Waals surface area contributed by atoms with Gasteiger partial charge in [0, 0.05) is 4.88 Å². The fraction of sp³-hybridized carbons (Fsp3) is 0.273. The second-order valence-electron chi connectivity index (χ2n) is 2.58. The van der Waals surface area contributed by atoms with Crippen molar-refractivity contribution in [1.82, 2.24) is 0 Å². The van der Waals surface area contributed by atoms with Crippen molar-refractivity contribution < 1.29 is 0 Å². The van der Waals surface area contributed by atoms with E-state index >= 15 is 0 Å². The van der Waals surface area contributed by atoms with Crippen LogP contribution in [-0.4, -0.2) is 0 Å². The Morgan fingerprint density at radius 2 is 2.42 bits per heavy atom. The molecule has 0 saturated heterocycles.